The number of benzene rings is 1. The summed E-state index contributed by atoms with van der Waals surface area (Å²) in [5.41, 5.74) is 0.402. The Labute approximate surface area is 121 Å². The first-order chi connectivity index (χ1) is 9.99. The molecule has 0 saturated carbocycles. The lowest BCUT2D eigenvalue weighted by Gasteiger charge is -2.24. The molecule has 110 valence electrons. The van der Waals surface area contributed by atoms with E-state index in [1.54, 1.807) is 25.4 Å². The Bertz CT molecular complexity index is 622. The molecule has 0 aliphatic heterocycles. The standard InChI is InChI=1S/C14H15N3O4/c1-10(17-8-2-7-15-17)14(21)16(9-13(19)20)11-3-5-12(18)6-4-11/h2-8,10,18H,9H2,1H3,(H,19,20). The van der Waals surface area contributed by atoms with E-state index < -0.39 is 24.5 Å². The molecule has 0 bridgehead atoms. The number of carboxylic acid groups (broad SMARTS) is 1. The third-order valence-corrected chi connectivity index (χ3v) is 3.00. The number of aliphatic carboxylic acids is 1. The number of hydrogen-bond donors (Lipinski definition) is 2. The molecule has 1 aromatic heterocycles. The molecule has 0 aliphatic carbocycles. The number of aromatic hydroxyl groups is 1. The van der Waals surface area contributed by atoms with Crippen LogP contribution in [-0.2, 0) is 9.59 Å². The van der Waals surface area contributed by atoms with Crippen LogP contribution in [0.25, 0.3) is 0 Å². The first-order valence-corrected chi connectivity index (χ1v) is 6.30. The van der Waals surface area contributed by atoms with Crippen molar-refractivity contribution >= 4 is 17.6 Å². The molecular weight excluding hydrogens is 274 g/mol. The summed E-state index contributed by atoms with van der Waals surface area (Å²) in [7, 11) is 0. The molecule has 1 heterocycles. The molecule has 1 unspecified atom stereocenters. The largest absolute Gasteiger partial charge is 0.508 e. The Morgan fingerprint density at radius 2 is 2.00 bits per heavy atom. The number of aromatic nitrogens is 2. The molecule has 2 aromatic rings. The van der Waals surface area contributed by atoms with Crippen molar-refractivity contribution in [2.24, 2.45) is 0 Å². The van der Waals surface area contributed by atoms with Gasteiger partial charge >= 0.3 is 5.97 Å². The average Bonchev–Trinajstić information content (AvgIpc) is 2.98. The molecule has 7 heteroatoms. The van der Waals surface area contributed by atoms with Gasteiger partial charge in [-0.25, -0.2) is 0 Å². The Kier molecular flexibility index (Phi) is 4.22. The second-order valence-corrected chi connectivity index (χ2v) is 4.50. The van der Waals surface area contributed by atoms with Crippen LogP contribution in [0.15, 0.2) is 42.7 Å². The molecule has 1 aromatic carbocycles. The highest BCUT2D eigenvalue weighted by Crippen LogP contribution is 2.21. The predicted octanol–water partition coefficient (Wildman–Crippen LogP) is 1.27. The topological polar surface area (TPSA) is 95.7 Å². The molecule has 1 amide bonds. The Morgan fingerprint density at radius 3 is 2.52 bits per heavy atom. The summed E-state index contributed by atoms with van der Waals surface area (Å²) >= 11 is 0. The SMILES string of the molecule is CC(C(=O)N(CC(=O)O)c1ccc(O)cc1)n1cccn1. The smallest absolute Gasteiger partial charge is 0.323 e. The Balaban J connectivity index is 2.29. The van der Waals surface area contributed by atoms with Crippen molar-refractivity contribution in [3.05, 3.63) is 42.7 Å². The number of anilines is 1. The summed E-state index contributed by atoms with van der Waals surface area (Å²) < 4.78 is 1.46. The van der Waals surface area contributed by atoms with E-state index in [0.29, 0.717) is 5.69 Å². The van der Waals surface area contributed by atoms with Crippen LogP contribution in [0.5, 0.6) is 5.75 Å². The summed E-state index contributed by atoms with van der Waals surface area (Å²) in [6.45, 7) is 1.18. The third kappa shape index (κ3) is 3.38. The zero-order valence-corrected chi connectivity index (χ0v) is 11.4. The molecule has 21 heavy (non-hydrogen) atoms. The van der Waals surface area contributed by atoms with E-state index in [2.05, 4.69) is 5.10 Å². The van der Waals surface area contributed by atoms with Crippen molar-refractivity contribution < 1.29 is 19.8 Å². The van der Waals surface area contributed by atoms with Crippen molar-refractivity contribution in [3.8, 4) is 5.75 Å². The number of nitrogens with zero attached hydrogens (tertiary/aromatic N) is 3. The molecule has 7 nitrogen and oxygen atoms in total. The van der Waals surface area contributed by atoms with Crippen LogP contribution < -0.4 is 4.90 Å². The summed E-state index contributed by atoms with van der Waals surface area (Å²) in [6.07, 6.45) is 3.18. The highest BCUT2D eigenvalue weighted by Gasteiger charge is 2.25. The first-order valence-electron chi connectivity index (χ1n) is 6.30. The molecule has 0 radical (unpaired) electrons. The molecule has 1 atom stereocenters. The fourth-order valence-electron chi connectivity index (χ4n) is 1.91. The fourth-order valence-corrected chi connectivity index (χ4v) is 1.91. The van der Waals surface area contributed by atoms with Gasteiger partial charge in [0.2, 0.25) is 0 Å². The number of phenolic OH excluding ortho intramolecular Hbond substituents is 1. The van der Waals surface area contributed by atoms with Crippen LogP contribution in [0.1, 0.15) is 13.0 Å². The minimum absolute atomic E-state index is 0.0431. The highest BCUT2D eigenvalue weighted by molar-refractivity contribution is 5.99. The van der Waals surface area contributed by atoms with E-state index in [1.807, 2.05) is 0 Å². The van der Waals surface area contributed by atoms with Gasteiger partial charge in [-0.15, -0.1) is 0 Å². The van der Waals surface area contributed by atoms with E-state index in [4.69, 9.17) is 5.11 Å². The maximum absolute atomic E-state index is 12.5. The molecule has 0 spiro atoms. The number of carbonyl (C=O) groups excluding carboxylic acids is 1. The fraction of sp³-hybridized carbons (Fsp3) is 0.214. The molecule has 2 N–H and O–H groups in total. The monoisotopic (exact) mass is 289 g/mol. The molecule has 0 fully saturated rings. The zero-order valence-electron chi connectivity index (χ0n) is 11.4. The number of hydrogen-bond acceptors (Lipinski definition) is 4. The number of carbonyl (C=O) groups is 2. The summed E-state index contributed by atoms with van der Waals surface area (Å²) in [6, 6.07) is 6.84. The average molecular weight is 289 g/mol. The van der Waals surface area contributed by atoms with Crippen LogP contribution in [0.3, 0.4) is 0 Å². The third-order valence-electron chi connectivity index (χ3n) is 3.00. The lowest BCUT2D eigenvalue weighted by atomic mass is 10.2. The minimum atomic E-state index is -1.12. The minimum Gasteiger partial charge on any atom is -0.508 e. The van der Waals surface area contributed by atoms with Crippen LogP contribution in [0.4, 0.5) is 5.69 Å². The van der Waals surface area contributed by atoms with E-state index in [1.165, 1.54) is 28.9 Å². The van der Waals surface area contributed by atoms with Crippen LogP contribution >= 0.6 is 0 Å². The van der Waals surface area contributed by atoms with Crippen molar-refractivity contribution in [2.45, 2.75) is 13.0 Å². The summed E-state index contributed by atoms with van der Waals surface area (Å²) in [5.74, 6) is -1.47. The first kappa shape index (κ1) is 14.6. The lowest BCUT2D eigenvalue weighted by Crippen LogP contribution is -2.40. The molecular formula is C14H15N3O4. The normalized spacial score (nSPS) is 11.9. The van der Waals surface area contributed by atoms with E-state index >= 15 is 0 Å². The van der Waals surface area contributed by atoms with Gasteiger partial charge in [0.05, 0.1) is 0 Å². The zero-order chi connectivity index (χ0) is 15.4. The second kappa shape index (κ2) is 6.08. The van der Waals surface area contributed by atoms with Gasteiger partial charge < -0.3 is 10.2 Å². The lowest BCUT2D eigenvalue weighted by molar-refractivity contribution is -0.137. The maximum atomic E-state index is 12.5. The van der Waals surface area contributed by atoms with Crippen LogP contribution in [0, 0.1) is 0 Å². The Morgan fingerprint density at radius 1 is 1.33 bits per heavy atom. The van der Waals surface area contributed by atoms with Gasteiger partial charge in [0.25, 0.3) is 5.91 Å². The van der Waals surface area contributed by atoms with Crippen molar-refractivity contribution in [1.29, 1.82) is 0 Å². The molecule has 2 rings (SSSR count). The molecule has 0 saturated heterocycles. The van der Waals surface area contributed by atoms with Gasteiger partial charge in [0.1, 0.15) is 18.3 Å². The maximum Gasteiger partial charge on any atom is 0.323 e. The van der Waals surface area contributed by atoms with E-state index in [9.17, 15) is 14.7 Å². The van der Waals surface area contributed by atoms with Gasteiger partial charge in [-0.1, -0.05) is 0 Å². The van der Waals surface area contributed by atoms with E-state index in [-0.39, 0.29) is 5.75 Å². The van der Waals surface area contributed by atoms with Crippen molar-refractivity contribution in [2.75, 3.05) is 11.4 Å². The van der Waals surface area contributed by atoms with Crippen LogP contribution in [0.2, 0.25) is 0 Å². The van der Waals surface area contributed by atoms with Gasteiger partial charge in [-0.05, 0) is 37.3 Å². The summed E-state index contributed by atoms with van der Waals surface area (Å²) in [5, 5.41) is 22.3. The van der Waals surface area contributed by atoms with E-state index in [0.717, 1.165) is 4.90 Å². The predicted molar refractivity (Wildman–Crippen MR) is 75.0 cm³/mol. The number of rotatable bonds is 5. The number of carboxylic acids is 1. The second-order valence-electron chi connectivity index (χ2n) is 4.50. The highest BCUT2D eigenvalue weighted by atomic mass is 16.4. The van der Waals surface area contributed by atoms with Crippen molar-refractivity contribution in [3.63, 3.8) is 0 Å². The molecule has 0 aliphatic rings. The van der Waals surface area contributed by atoms with Gasteiger partial charge in [-0.2, -0.15) is 5.10 Å². The summed E-state index contributed by atoms with van der Waals surface area (Å²) in [4.78, 5) is 24.6. The number of phenols is 1. The van der Waals surface area contributed by atoms with Gasteiger partial charge in [0, 0.05) is 18.1 Å². The van der Waals surface area contributed by atoms with Crippen molar-refractivity contribution in [1.82, 2.24) is 9.78 Å². The van der Waals surface area contributed by atoms with Gasteiger partial charge in [0.15, 0.2) is 0 Å². The van der Waals surface area contributed by atoms with Gasteiger partial charge in [-0.3, -0.25) is 19.2 Å². The quantitative estimate of drug-likeness (QED) is 0.864. The number of amides is 1. The Hall–Kier alpha value is -2.83. The van der Waals surface area contributed by atoms with Crippen LogP contribution in [-0.4, -0.2) is 38.4 Å².